The van der Waals surface area contributed by atoms with E-state index in [4.69, 9.17) is 14.2 Å². The molecule has 2 aliphatic rings. The van der Waals surface area contributed by atoms with Gasteiger partial charge in [0.1, 0.15) is 5.75 Å². The lowest BCUT2D eigenvalue weighted by molar-refractivity contribution is -0.132. The van der Waals surface area contributed by atoms with Crippen LogP contribution in [0.1, 0.15) is 49.9 Å². The Labute approximate surface area is 194 Å². The molecule has 2 fully saturated rings. The van der Waals surface area contributed by atoms with E-state index in [-0.39, 0.29) is 11.3 Å². The highest BCUT2D eigenvalue weighted by Gasteiger charge is 2.44. The van der Waals surface area contributed by atoms with Crippen LogP contribution in [-0.2, 0) is 16.6 Å². The Morgan fingerprint density at radius 1 is 1.12 bits per heavy atom. The number of rotatable bonds is 8. The van der Waals surface area contributed by atoms with Crippen molar-refractivity contribution in [2.75, 3.05) is 20.2 Å². The molecule has 1 aliphatic heterocycles. The molecule has 3 heterocycles. The molecule has 0 spiro atoms. The summed E-state index contributed by atoms with van der Waals surface area (Å²) in [5.74, 6) is 3.13. The molecule has 0 radical (unpaired) electrons. The average Bonchev–Trinajstić information content (AvgIpc) is 3.53. The minimum atomic E-state index is -0.108. The lowest BCUT2D eigenvalue weighted by Crippen LogP contribution is -2.46. The fraction of sp³-hybridized carbons (Fsp3) is 0.462. The van der Waals surface area contributed by atoms with Gasteiger partial charge in [0.2, 0.25) is 5.91 Å². The van der Waals surface area contributed by atoms with E-state index in [0.717, 1.165) is 67.4 Å². The summed E-state index contributed by atoms with van der Waals surface area (Å²) < 4.78 is 10.8. The summed E-state index contributed by atoms with van der Waals surface area (Å²) in [6, 6.07) is 11.7. The zero-order valence-electron chi connectivity index (χ0n) is 19.1. The zero-order chi connectivity index (χ0) is 22.7. The molecule has 1 saturated heterocycles. The molecular weight excluding hydrogens is 416 g/mol. The molecule has 1 amide bonds. The SMILES string of the molecule is COc1ccc(CCC(=O)N2CCC(CC3CC3)(c3noc(-c4ccncc4)n3)CC2)cc1. The van der Waals surface area contributed by atoms with Crippen LogP contribution in [0.15, 0.2) is 53.3 Å². The van der Waals surface area contributed by atoms with Crippen LogP contribution in [0.5, 0.6) is 5.75 Å². The summed E-state index contributed by atoms with van der Waals surface area (Å²) in [6.07, 6.45) is 10.1. The Hall–Kier alpha value is -3.22. The summed E-state index contributed by atoms with van der Waals surface area (Å²) in [6.45, 7) is 1.49. The number of pyridine rings is 1. The Kier molecular flexibility index (Phi) is 6.11. The quantitative estimate of drug-likeness (QED) is 0.509. The van der Waals surface area contributed by atoms with Crippen LogP contribution >= 0.6 is 0 Å². The van der Waals surface area contributed by atoms with Crippen molar-refractivity contribution in [3.8, 4) is 17.2 Å². The number of piperidine rings is 1. The molecule has 5 rings (SSSR count). The first-order valence-electron chi connectivity index (χ1n) is 11.8. The third kappa shape index (κ3) is 4.92. The average molecular weight is 447 g/mol. The number of methoxy groups -OCH3 is 1. The molecule has 0 atom stereocenters. The molecule has 7 heteroatoms. The van der Waals surface area contributed by atoms with Crippen LogP contribution in [0.25, 0.3) is 11.5 Å². The number of likely N-dealkylation sites (tertiary alicyclic amines) is 1. The van der Waals surface area contributed by atoms with E-state index in [1.165, 1.54) is 12.8 Å². The van der Waals surface area contributed by atoms with E-state index >= 15 is 0 Å². The van der Waals surface area contributed by atoms with Gasteiger partial charge in [0.15, 0.2) is 5.82 Å². The number of benzene rings is 1. The Morgan fingerprint density at radius 3 is 2.52 bits per heavy atom. The van der Waals surface area contributed by atoms with E-state index in [1.807, 2.05) is 41.3 Å². The molecule has 0 unspecified atom stereocenters. The van der Waals surface area contributed by atoms with Crippen LogP contribution in [0.3, 0.4) is 0 Å². The van der Waals surface area contributed by atoms with Gasteiger partial charge in [-0.25, -0.2) is 0 Å². The summed E-state index contributed by atoms with van der Waals surface area (Å²) in [7, 11) is 1.66. The fourth-order valence-electron chi connectivity index (χ4n) is 4.83. The Bertz CT molecular complexity index is 1070. The Morgan fingerprint density at radius 2 is 1.85 bits per heavy atom. The van der Waals surface area contributed by atoms with Crippen LogP contribution in [0.4, 0.5) is 0 Å². The van der Waals surface area contributed by atoms with Gasteiger partial charge < -0.3 is 14.2 Å². The normalized spacial score (nSPS) is 17.7. The molecule has 3 aromatic rings. The van der Waals surface area contributed by atoms with Crippen LogP contribution in [0.2, 0.25) is 0 Å². The van der Waals surface area contributed by atoms with E-state index < -0.39 is 0 Å². The van der Waals surface area contributed by atoms with E-state index in [2.05, 4.69) is 10.1 Å². The maximum Gasteiger partial charge on any atom is 0.258 e. The van der Waals surface area contributed by atoms with Crippen LogP contribution in [0, 0.1) is 5.92 Å². The van der Waals surface area contributed by atoms with Crippen molar-refractivity contribution in [1.82, 2.24) is 20.0 Å². The Balaban J connectivity index is 1.23. The summed E-state index contributed by atoms with van der Waals surface area (Å²) >= 11 is 0. The van der Waals surface area contributed by atoms with Gasteiger partial charge in [-0.05, 0) is 61.4 Å². The van der Waals surface area contributed by atoms with Gasteiger partial charge in [-0.1, -0.05) is 30.1 Å². The molecule has 1 saturated carbocycles. The van der Waals surface area contributed by atoms with Crippen molar-refractivity contribution in [2.24, 2.45) is 5.92 Å². The fourth-order valence-corrected chi connectivity index (χ4v) is 4.83. The molecule has 1 aliphatic carbocycles. The molecule has 7 nitrogen and oxygen atoms in total. The maximum atomic E-state index is 12.9. The van der Waals surface area contributed by atoms with Gasteiger partial charge in [-0.2, -0.15) is 4.98 Å². The monoisotopic (exact) mass is 446 g/mol. The highest BCUT2D eigenvalue weighted by Crippen LogP contribution is 2.46. The van der Waals surface area contributed by atoms with Crippen molar-refractivity contribution in [3.63, 3.8) is 0 Å². The number of hydrogen-bond acceptors (Lipinski definition) is 6. The topological polar surface area (TPSA) is 81.4 Å². The first-order valence-corrected chi connectivity index (χ1v) is 11.8. The second-order valence-corrected chi connectivity index (χ2v) is 9.32. The van der Waals surface area contributed by atoms with Gasteiger partial charge in [-0.3, -0.25) is 9.78 Å². The third-order valence-corrected chi connectivity index (χ3v) is 7.06. The number of hydrogen-bond donors (Lipinski definition) is 0. The summed E-state index contributed by atoms with van der Waals surface area (Å²) in [4.78, 5) is 23.8. The predicted octanol–water partition coefficient (Wildman–Crippen LogP) is 4.43. The predicted molar refractivity (Wildman–Crippen MR) is 124 cm³/mol. The molecule has 172 valence electrons. The minimum absolute atomic E-state index is 0.108. The van der Waals surface area contributed by atoms with Crippen LogP contribution < -0.4 is 4.74 Å². The van der Waals surface area contributed by atoms with Crippen molar-refractivity contribution < 1.29 is 14.1 Å². The van der Waals surface area contributed by atoms with Crippen molar-refractivity contribution in [3.05, 3.63) is 60.2 Å². The van der Waals surface area contributed by atoms with Gasteiger partial charge in [0.05, 0.1) is 7.11 Å². The second-order valence-electron chi connectivity index (χ2n) is 9.32. The number of aromatic nitrogens is 3. The standard InChI is InChI=1S/C26H30N4O3/c1-32-22-7-4-19(5-8-22)6-9-23(31)30-16-12-26(13-17-30,18-20-2-3-20)25-28-24(33-29-25)21-10-14-27-15-11-21/h4-5,7-8,10-11,14-15,20H,2-3,6,9,12-13,16-18H2,1H3. The first kappa shape index (κ1) is 21.6. The van der Waals surface area contributed by atoms with E-state index in [9.17, 15) is 4.79 Å². The summed E-state index contributed by atoms with van der Waals surface area (Å²) in [5.41, 5.74) is 1.93. The maximum absolute atomic E-state index is 12.9. The highest BCUT2D eigenvalue weighted by atomic mass is 16.5. The van der Waals surface area contributed by atoms with Gasteiger partial charge >= 0.3 is 0 Å². The first-order chi connectivity index (χ1) is 16.1. The molecular formula is C26H30N4O3. The van der Waals surface area contributed by atoms with Gasteiger partial charge in [0.25, 0.3) is 5.89 Å². The number of nitrogens with zero attached hydrogens (tertiary/aromatic N) is 4. The molecule has 0 N–H and O–H groups in total. The van der Waals surface area contributed by atoms with Gasteiger partial charge in [0, 0.05) is 42.9 Å². The van der Waals surface area contributed by atoms with E-state index in [0.29, 0.717) is 12.3 Å². The van der Waals surface area contributed by atoms with E-state index in [1.54, 1.807) is 19.5 Å². The zero-order valence-corrected chi connectivity index (χ0v) is 19.1. The van der Waals surface area contributed by atoms with Crippen molar-refractivity contribution in [2.45, 2.75) is 50.4 Å². The lowest BCUT2D eigenvalue weighted by atomic mass is 9.73. The molecule has 2 aromatic heterocycles. The number of amides is 1. The number of carbonyl (C=O) groups is 1. The van der Waals surface area contributed by atoms with Crippen LogP contribution in [-0.4, -0.2) is 46.1 Å². The smallest absolute Gasteiger partial charge is 0.258 e. The minimum Gasteiger partial charge on any atom is -0.497 e. The summed E-state index contributed by atoms with van der Waals surface area (Å²) in [5, 5.41) is 4.41. The number of carbonyl (C=O) groups excluding carboxylic acids is 1. The largest absolute Gasteiger partial charge is 0.497 e. The third-order valence-electron chi connectivity index (χ3n) is 7.06. The van der Waals surface area contributed by atoms with Crippen molar-refractivity contribution >= 4 is 5.91 Å². The molecule has 33 heavy (non-hydrogen) atoms. The van der Waals surface area contributed by atoms with Crippen molar-refractivity contribution in [1.29, 1.82) is 0 Å². The highest BCUT2D eigenvalue weighted by molar-refractivity contribution is 5.76. The lowest BCUT2D eigenvalue weighted by Gasteiger charge is -2.40. The molecule has 0 bridgehead atoms. The second kappa shape index (κ2) is 9.33. The number of aryl methyl sites for hydroxylation is 1. The van der Waals surface area contributed by atoms with Gasteiger partial charge in [-0.15, -0.1) is 0 Å². The molecule has 1 aromatic carbocycles. The number of ether oxygens (including phenoxy) is 1.